The number of nitrogens with zero attached hydrogens (tertiary/aromatic N) is 1. The number of alkyl halides is 4. The van der Waals surface area contributed by atoms with Gasteiger partial charge < -0.3 is 9.47 Å². The van der Waals surface area contributed by atoms with Gasteiger partial charge >= 0.3 is 11.9 Å². The molecule has 0 unspecified atom stereocenters. The van der Waals surface area contributed by atoms with Crippen molar-refractivity contribution in [2.24, 2.45) is 0 Å². The molecular formula is C11H11ClF3NO4. The average molecular weight is 314 g/mol. The van der Waals surface area contributed by atoms with Crippen LogP contribution in [0.25, 0.3) is 0 Å². The molecule has 0 atom stereocenters. The van der Waals surface area contributed by atoms with E-state index in [1.807, 2.05) is 0 Å². The second-order valence-electron chi connectivity index (χ2n) is 3.59. The van der Waals surface area contributed by atoms with Crippen LogP contribution in [0.15, 0.2) is 18.2 Å². The maximum atomic E-state index is 12.5. The van der Waals surface area contributed by atoms with Crippen LogP contribution in [0.3, 0.4) is 0 Å². The van der Waals surface area contributed by atoms with Crippen LogP contribution in [0.5, 0.6) is 5.75 Å². The Labute approximate surface area is 117 Å². The van der Waals surface area contributed by atoms with Crippen molar-refractivity contribution in [1.82, 2.24) is 0 Å². The first kappa shape index (κ1) is 16.5. The molecule has 0 radical (unpaired) electrons. The van der Waals surface area contributed by atoms with E-state index in [0.717, 1.165) is 12.1 Å². The molecule has 0 fully saturated rings. The van der Waals surface area contributed by atoms with E-state index in [2.05, 4.69) is 0 Å². The van der Waals surface area contributed by atoms with Crippen LogP contribution in [-0.4, -0.2) is 30.6 Å². The second kappa shape index (κ2) is 7.30. The first-order chi connectivity index (χ1) is 9.36. The van der Waals surface area contributed by atoms with Gasteiger partial charge in [0.25, 0.3) is 0 Å². The van der Waals surface area contributed by atoms with Crippen molar-refractivity contribution in [3.8, 4) is 5.75 Å². The van der Waals surface area contributed by atoms with Crippen LogP contribution in [0.2, 0.25) is 0 Å². The SMILES string of the molecule is O=[N+]([O-])c1cc(C(F)(F)F)ccc1OCCOCCCl. The predicted octanol–water partition coefficient (Wildman–Crippen LogP) is 3.25. The zero-order valence-electron chi connectivity index (χ0n) is 10.2. The quantitative estimate of drug-likeness (QED) is 0.335. The Morgan fingerprint density at radius 3 is 2.50 bits per heavy atom. The van der Waals surface area contributed by atoms with Crippen molar-refractivity contribution in [2.75, 3.05) is 25.7 Å². The molecule has 1 rings (SSSR count). The van der Waals surface area contributed by atoms with E-state index in [9.17, 15) is 23.3 Å². The Hall–Kier alpha value is -1.54. The molecule has 0 aliphatic heterocycles. The molecule has 0 N–H and O–H groups in total. The lowest BCUT2D eigenvalue weighted by molar-refractivity contribution is -0.386. The minimum absolute atomic E-state index is 0.0247. The Bertz CT molecular complexity index is 467. The predicted molar refractivity (Wildman–Crippen MR) is 65.1 cm³/mol. The molecule has 1 aromatic rings. The fourth-order valence-electron chi connectivity index (χ4n) is 1.33. The summed E-state index contributed by atoms with van der Waals surface area (Å²) in [6, 6.07) is 2.08. The summed E-state index contributed by atoms with van der Waals surface area (Å²) in [5.74, 6) is 0.0536. The molecule has 1 aromatic carbocycles. The second-order valence-corrected chi connectivity index (χ2v) is 3.97. The molecule has 5 nitrogen and oxygen atoms in total. The maximum Gasteiger partial charge on any atom is 0.416 e. The van der Waals surface area contributed by atoms with Gasteiger partial charge in [0, 0.05) is 11.9 Å². The van der Waals surface area contributed by atoms with Gasteiger partial charge in [0.1, 0.15) is 6.61 Å². The minimum atomic E-state index is -4.65. The normalized spacial score (nSPS) is 11.4. The van der Waals surface area contributed by atoms with Gasteiger partial charge in [0.05, 0.1) is 23.7 Å². The molecule has 0 spiro atoms. The van der Waals surface area contributed by atoms with Gasteiger partial charge in [0.2, 0.25) is 0 Å². The number of nitro groups is 1. The fourth-order valence-corrected chi connectivity index (χ4v) is 1.43. The number of nitro benzene ring substituents is 1. The highest BCUT2D eigenvalue weighted by atomic mass is 35.5. The maximum absolute atomic E-state index is 12.5. The Balaban J connectivity index is 2.78. The molecule has 0 amide bonds. The number of halogens is 4. The van der Waals surface area contributed by atoms with Gasteiger partial charge in [0.15, 0.2) is 5.75 Å². The number of hydrogen-bond donors (Lipinski definition) is 0. The summed E-state index contributed by atoms with van der Waals surface area (Å²) in [5.41, 5.74) is -1.84. The number of hydrogen-bond acceptors (Lipinski definition) is 4. The first-order valence-electron chi connectivity index (χ1n) is 5.48. The summed E-state index contributed by atoms with van der Waals surface area (Å²) in [7, 11) is 0. The summed E-state index contributed by atoms with van der Waals surface area (Å²) in [6.07, 6.45) is -4.65. The summed E-state index contributed by atoms with van der Waals surface area (Å²) in [4.78, 5) is 9.82. The van der Waals surface area contributed by atoms with Crippen LogP contribution in [-0.2, 0) is 10.9 Å². The summed E-state index contributed by atoms with van der Waals surface area (Å²) in [5, 5.41) is 10.7. The van der Waals surface area contributed by atoms with Gasteiger partial charge in [-0.2, -0.15) is 13.2 Å². The lowest BCUT2D eigenvalue weighted by Crippen LogP contribution is -2.10. The van der Waals surface area contributed by atoms with Crippen molar-refractivity contribution in [3.05, 3.63) is 33.9 Å². The van der Waals surface area contributed by atoms with E-state index < -0.39 is 22.4 Å². The van der Waals surface area contributed by atoms with Crippen LogP contribution >= 0.6 is 11.6 Å². The summed E-state index contributed by atoms with van der Waals surface area (Å²) >= 11 is 5.36. The van der Waals surface area contributed by atoms with Crippen LogP contribution in [0.4, 0.5) is 18.9 Å². The van der Waals surface area contributed by atoms with Crippen molar-refractivity contribution < 1.29 is 27.6 Å². The average Bonchev–Trinajstić information content (AvgIpc) is 2.37. The number of ether oxygens (including phenoxy) is 2. The van der Waals surface area contributed by atoms with Crippen molar-refractivity contribution in [1.29, 1.82) is 0 Å². The van der Waals surface area contributed by atoms with Gasteiger partial charge in [-0.25, -0.2) is 0 Å². The third kappa shape index (κ3) is 4.86. The smallest absolute Gasteiger partial charge is 0.416 e. The van der Waals surface area contributed by atoms with E-state index in [-0.39, 0.29) is 19.0 Å². The number of benzene rings is 1. The third-order valence-electron chi connectivity index (χ3n) is 2.19. The zero-order chi connectivity index (χ0) is 15.2. The van der Waals surface area contributed by atoms with Crippen molar-refractivity contribution in [2.45, 2.75) is 6.18 Å². The first-order valence-corrected chi connectivity index (χ1v) is 6.02. The lowest BCUT2D eigenvalue weighted by Gasteiger charge is -2.10. The molecule has 0 aliphatic carbocycles. The minimum Gasteiger partial charge on any atom is -0.484 e. The Morgan fingerprint density at radius 1 is 1.25 bits per heavy atom. The largest absolute Gasteiger partial charge is 0.484 e. The van der Waals surface area contributed by atoms with E-state index in [4.69, 9.17) is 21.1 Å². The molecule has 0 bridgehead atoms. The molecule has 0 aliphatic rings. The molecule has 9 heteroatoms. The number of rotatable bonds is 7. The molecular weight excluding hydrogens is 303 g/mol. The molecule has 0 saturated heterocycles. The Morgan fingerprint density at radius 2 is 1.95 bits per heavy atom. The highest BCUT2D eigenvalue weighted by molar-refractivity contribution is 6.17. The lowest BCUT2D eigenvalue weighted by atomic mass is 10.2. The standard InChI is InChI=1S/C11H11ClF3NO4/c12-3-4-19-5-6-20-10-2-1-8(11(13,14)15)7-9(10)16(17)18/h1-2,7H,3-6H2. The van der Waals surface area contributed by atoms with Gasteiger partial charge in [-0.05, 0) is 12.1 Å². The molecule has 0 saturated carbocycles. The topological polar surface area (TPSA) is 61.6 Å². The van der Waals surface area contributed by atoms with E-state index in [1.165, 1.54) is 0 Å². The fraction of sp³-hybridized carbons (Fsp3) is 0.455. The molecule has 112 valence electrons. The molecule has 0 heterocycles. The van der Waals surface area contributed by atoms with Gasteiger partial charge in [-0.1, -0.05) is 0 Å². The van der Waals surface area contributed by atoms with Crippen LogP contribution in [0.1, 0.15) is 5.56 Å². The van der Waals surface area contributed by atoms with Gasteiger partial charge in [-0.15, -0.1) is 11.6 Å². The van der Waals surface area contributed by atoms with Crippen LogP contribution < -0.4 is 4.74 Å². The monoisotopic (exact) mass is 313 g/mol. The molecule has 20 heavy (non-hydrogen) atoms. The third-order valence-corrected chi connectivity index (χ3v) is 2.34. The van der Waals surface area contributed by atoms with Gasteiger partial charge in [-0.3, -0.25) is 10.1 Å². The van der Waals surface area contributed by atoms with Crippen molar-refractivity contribution >= 4 is 17.3 Å². The molecule has 0 aromatic heterocycles. The highest BCUT2D eigenvalue weighted by Crippen LogP contribution is 2.35. The summed E-state index contributed by atoms with van der Waals surface area (Å²) in [6.45, 7) is 0.397. The van der Waals surface area contributed by atoms with E-state index in [0.29, 0.717) is 18.6 Å². The summed E-state index contributed by atoms with van der Waals surface area (Å²) < 4.78 is 47.4. The Kier molecular flexibility index (Phi) is 6.03. The zero-order valence-corrected chi connectivity index (χ0v) is 10.9. The van der Waals surface area contributed by atoms with Crippen molar-refractivity contribution in [3.63, 3.8) is 0 Å². The van der Waals surface area contributed by atoms with E-state index in [1.54, 1.807) is 0 Å². The van der Waals surface area contributed by atoms with E-state index >= 15 is 0 Å². The van der Waals surface area contributed by atoms with Crippen LogP contribution in [0, 0.1) is 10.1 Å². The highest BCUT2D eigenvalue weighted by Gasteiger charge is 2.33.